The van der Waals surface area contributed by atoms with Crippen LogP contribution >= 0.6 is 0 Å². The SMILES string of the molecule is CCCNC1CCCC1c1cc(C)c(OC)cc1C. The van der Waals surface area contributed by atoms with Gasteiger partial charge in [-0.2, -0.15) is 0 Å². The van der Waals surface area contributed by atoms with Crippen molar-refractivity contribution in [3.8, 4) is 5.75 Å². The van der Waals surface area contributed by atoms with Gasteiger partial charge in [-0.3, -0.25) is 0 Å². The molecule has 0 spiro atoms. The molecule has 0 aliphatic heterocycles. The predicted molar refractivity (Wildman–Crippen MR) is 81.1 cm³/mol. The Morgan fingerprint density at radius 2 is 2.00 bits per heavy atom. The lowest BCUT2D eigenvalue weighted by Crippen LogP contribution is -2.32. The minimum absolute atomic E-state index is 0.659. The van der Waals surface area contributed by atoms with Gasteiger partial charge in [-0.25, -0.2) is 0 Å². The molecule has 0 bridgehead atoms. The maximum Gasteiger partial charge on any atom is 0.122 e. The highest BCUT2D eigenvalue weighted by atomic mass is 16.5. The minimum Gasteiger partial charge on any atom is -0.496 e. The summed E-state index contributed by atoms with van der Waals surface area (Å²) in [5, 5.41) is 3.72. The lowest BCUT2D eigenvalue weighted by molar-refractivity contribution is 0.410. The van der Waals surface area contributed by atoms with E-state index in [0.29, 0.717) is 12.0 Å². The van der Waals surface area contributed by atoms with E-state index in [1.165, 1.54) is 42.4 Å². The van der Waals surface area contributed by atoms with Crippen LogP contribution in [0.1, 0.15) is 55.2 Å². The van der Waals surface area contributed by atoms with Gasteiger partial charge in [0.25, 0.3) is 0 Å². The van der Waals surface area contributed by atoms with E-state index >= 15 is 0 Å². The lowest BCUT2D eigenvalue weighted by atomic mass is 9.89. The van der Waals surface area contributed by atoms with E-state index in [9.17, 15) is 0 Å². The van der Waals surface area contributed by atoms with Gasteiger partial charge in [-0.1, -0.05) is 19.4 Å². The fourth-order valence-corrected chi connectivity index (χ4v) is 3.34. The van der Waals surface area contributed by atoms with Crippen LogP contribution < -0.4 is 10.1 Å². The Morgan fingerprint density at radius 3 is 2.68 bits per heavy atom. The van der Waals surface area contributed by atoms with Crippen LogP contribution in [0.3, 0.4) is 0 Å². The first-order chi connectivity index (χ1) is 9.17. The van der Waals surface area contributed by atoms with Crippen molar-refractivity contribution in [2.75, 3.05) is 13.7 Å². The van der Waals surface area contributed by atoms with Gasteiger partial charge in [0.15, 0.2) is 0 Å². The van der Waals surface area contributed by atoms with Gasteiger partial charge in [0.05, 0.1) is 7.11 Å². The number of hydrogen-bond donors (Lipinski definition) is 1. The highest BCUT2D eigenvalue weighted by Crippen LogP contribution is 2.38. The first-order valence-electron chi connectivity index (χ1n) is 7.55. The van der Waals surface area contributed by atoms with Crippen molar-refractivity contribution >= 4 is 0 Å². The molecule has 2 nitrogen and oxygen atoms in total. The fraction of sp³-hybridized carbons (Fsp3) is 0.647. The first-order valence-corrected chi connectivity index (χ1v) is 7.55. The molecule has 2 rings (SSSR count). The van der Waals surface area contributed by atoms with Crippen LogP contribution in [0.4, 0.5) is 0 Å². The number of benzene rings is 1. The zero-order valence-corrected chi connectivity index (χ0v) is 12.8. The first kappa shape index (κ1) is 14.4. The summed E-state index contributed by atoms with van der Waals surface area (Å²) in [6, 6.07) is 5.19. The molecule has 1 aliphatic rings. The zero-order chi connectivity index (χ0) is 13.8. The van der Waals surface area contributed by atoms with E-state index in [2.05, 4.69) is 38.2 Å². The van der Waals surface area contributed by atoms with Gasteiger partial charge in [-0.05, 0) is 68.3 Å². The number of methoxy groups -OCH3 is 1. The molecule has 2 atom stereocenters. The molecule has 1 aliphatic carbocycles. The smallest absolute Gasteiger partial charge is 0.122 e. The molecule has 0 saturated heterocycles. The standard InChI is InChI=1S/C17H27NO/c1-5-9-18-16-8-6-7-14(16)15-10-13(3)17(19-4)11-12(15)2/h10-11,14,16,18H,5-9H2,1-4H3. The lowest BCUT2D eigenvalue weighted by Gasteiger charge is -2.24. The molecule has 1 aromatic carbocycles. The zero-order valence-electron chi connectivity index (χ0n) is 12.8. The van der Waals surface area contributed by atoms with Crippen molar-refractivity contribution in [3.63, 3.8) is 0 Å². The monoisotopic (exact) mass is 261 g/mol. The number of aryl methyl sites for hydroxylation is 2. The molecular formula is C17H27NO. The molecule has 1 fully saturated rings. The summed E-state index contributed by atoms with van der Waals surface area (Å²) in [6.07, 6.45) is 5.18. The summed E-state index contributed by atoms with van der Waals surface area (Å²) in [6.45, 7) is 7.73. The van der Waals surface area contributed by atoms with Crippen LogP contribution in [-0.4, -0.2) is 19.7 Å². The van der Waals surface area contributed by atoms with Crippen molar-refractivity contribution in [3.05, 3.63) is 28.8 Å². The molecule has 2 heteroatoms. The maximum atomic E-state index is 5.42. The Kier molecular flexibility index (Phi) is 4.87. The Labute approximate surface area is 117 Å². The van der Waals surface area contributed by atoms with Crippen LogP contribution in [-0.2, 0) is 0 Å². The fourth-order valence-electron chi connectivity index (χ4n) is 3.34. The Bertz CT molecular complexity index is 428. The quantitative estimate of drug-likeness (QED) is 0.866. The average molecular weight is 261 g/mol. The molecule has 2 unspecified atom stereocenters. The van der Waals surface area contributed by atoms with Crippen molar-refractivity contribution in [1.29, 1.82) is 0 Å². The molecule has 1 saturated carbocycles. The number of nitrogens with one attached hydrogen (secondary N) is 1. The van der Waals surface area contributed by atoms with Crippen LogP contribution in [0.2, 0.25) is 0 Å². The van der Waals surface area contributed by atoms with Gasteiger partial charge in [0.1, 0.15) is 5.75 Å². The van der Waals surface area contributed by atoms with Crippen molar-refractivity contribution in [2.45, 2.75) is 58.4 Å². The third-order valence-electron chi connectivity index (χ3n) is 4.36. The summed E-state index contributed by atoms with van der Waals surface area (Å²) in [7, 11) is 1.75. The molecular weight excluding hydrogens is 234 g/mol. The second-order valence-electron chi connectivity index (χ2n) is 5.78. The molecule has 0 amide bonds. The van der Waals surface area contributed by atoms with Gasteiger partial charge in [0, 0.05) is 6.04 Å². The molecule has 106 valence electrons. The van der Waals surface area contributed by atoms with Crippen LogP contribution in [0, 0.1) is 13.8 Å². The third-order valence-corrected chi connectivity index (χ3v) is 4.36. The van der Waals surface area contributed by atoms with Crippen molar-refractivity contribution < 1.29 is 4.74 Å². The summed E-state index contributed by atoms with van der Waals surface area (Å²) >= 11 is 0. The summed E-state index contributed by atoms with van der Waals surface area (Å²) in [5.74, 6) is 1.69. The van der Waals surface area contributed by atoms with E-state index in [-0.39, 0.29) is 0 Å². The van der Waals surface area contributed by atoms with Crippen LogP contribution in [0.25, 0.3) is 0 Å². The Balaban J connectivity index is 2.22. The minimum atomic E-state index is 0.659. The summed E-state index contributed by atoms with van der Waals surface area (Å²) in [5.41, 5.74) is 4.14. The van der Waals surface area contributed by atoms with E-state index < -0.39 is 0 Å². The van der Waals surface area contributed by atoms with Gasteiger partial charge in [0.2, 0.25) is 0 Å². The average Bonchev–Trinajstić information content (AvgIpc) is 2.86. The molecule has 0 aromatic heterocycles. The molecule has 1 aromatic rings. The van der Waals surface area contributed by atoms with E-state index in [4.69, 9.17) is 4.74 Å². The van der Waals surface area contributed by atoms with Crippen LogP contribution in [0.5, 0.6) is 5.75 Å². The normalized spacial score (nSPS) is 22.7. The largest absolute Gasteiger partial charge is 0.496 e. The molecule has 0 radical (unpaired) electrons. The van der Waals surface area contributed by atoms with E-state index in [1.807, 2.05) is 0 Å². The van der Waals surface area contributed by atoms with Gasteiger partial charge < -0.3 is 10.1 Å². The topological polar surface area (TPSA) is 21.3 Å². The molecule has 0 heterocycles. The van der Waals surface area contributed by atoms with Crippen molar-refractivity contribution in [2.24, 2.45) is 0 Å². The Morgan fingerprint density at radius 1 is 1.21 bits per heavy atom. The second kappa shape index (κ2) is 6.42. The van der Waals surface area contributed by atoms with Crippen molar-refractivity contribution in [1.82, 2.24) is 5.32 Å². The van der Waals surface area contributed by atoms with E-state index in [0.717, 1.165) is 12.3 Å². The molecule has 1 N–H and O–H groups in total. The maximum absolute atomic E-state index is 5.42. The second-order valence-corrected chi connectivity index (χ2v) is 5.78. The van der Waals surface area contributed by atoms with Gasteiger partial charge >= 0.3 is 0 Å². The number of ether oxygens (including phenoxy) is 1. The third kappa shape index (κ3) is 3.11. The highest BCUT2D eigenvalue weighted by molar-refractivity contribution is 5.43. The predicted octanol–water partition coefficient (Wildman–Crippen LogP) is 3.95. The molecule has 19 heavy (non-hydrogen) atoms. The van der Waals surface area contributed by atoms with E-state index in [1.54, 1.807) is 7.11 Å². The number of hydrogen-bond acceptors (Lipinski definition) is 2. The summed E-state index contributed by atoms with van der Waals surface area (Å²) in [4.78, 5) is 0. The summed E-state index contributed by atoms with van der Waals surface area (Å²) < 4.78 is 5.42. The Hall–Kier alpha value is -1.02. The van der Waals surface area contributed by atoms with Crippen LogP contribution in [0.15, 0.2) is 12.1 Å². The van der Waals surface area contributed by atoms with Gasteiger partial charge in [-0.15, -0.1) is 0 Å². The highest BCUT2D eigenvalue weighted by Gasteiger charge is 2.29. The number of rotatable bonds is 5.